The molecule has 118 valence electrons. The van der Waals surface area contributed by atoms with E-state index in [0.717, 1.165) is 25.9 Å². The Morgan fingerprint density at radius 3 is 2.29 bits per heavy atom. The molecule has 0 aromatic heterocycles. The van der Waals surface area contributed by atoms with Gasteiger partial charge in [0.25, 0.3) is 0 Å². The molecule has 1 aliphatic rings. The molecule has 2 rings (SSSR count). The van der Waals surface area contributed by atoms with Crippen LogP contribution in [0.15, 0.2) is 30.3 Å². The molecule has 21 heavy (non-hydrogen) atoms. The number of hydrogen-bond acceptors (Lipinski definition) is 2. The molecule has 1 aromatic rings. The van der Waals surface area contributed by atoms with E-state index >= 15 is 0 Å². The molecule has 1 heterocycles. The summed E-state index contributed by atoms with van der Waals surface area (Å²) in [6, 6.07) is 6.27. The Morgan fingerprint density at radius 1 is 1.10 bits per heavy atom. The fourth-order valence-electron chi connectivity index (χ4n) is 2.89. The van der Waals surface area contributed by atoms with Crippen LogP contribution in [0.25, 0.3) is 0 Å². The first-order chi connectivity index (χ1) is 9.97. The number of nitrogens with zero attached hydrogens (tertiary/aromatic N) is 1. The SMILES string of the molecule is CC(CN1CCCCC1)NC(c1ccccc1)C(F)(F)F. The highest BCUT2D eigenvalue weighted by Gasteiger charge is 2.41. The monoisotopic (exact) mass is 300 g/mol. The Hall–Kier alpha value is -1.07. The molecule has 2 unspecified atom stereocenters. The lowest BCUT2D eigenvalue weighted by molar-refractivity contribution is -0.159. The maximum Gasteiger partial charge on any atom is 0.407 e. The van der Waals surface area contributed by atoms with Gasteiger partial charge >= 0.3 is 6.18 Å². The van der Waals surface area contributed by atoms with Crippen LogP contribution in [0, 0.1) is 0 Å². The van der Waals surface area contributed by atoms with Crippen molar-refractivity contribution in [3.05, 3.63) is 35.9 Å². The first-order valence-electron chi connectivity index (χ1n) is 7.57. The van der Waals surface area contributed by atoms with Crippen LogP contribution in [0.3, 0.4) is 0 Å². The second-order valence-electron chi connectivity index (χ2n) is 5.81. The first kappa shape index (κ1) is 16.3. The van der Waals surface area contributed by atoms with Crippen LogP contribution in [0.5, 0.6) is 0 Å². The number of likely N-dealkylation sites (tertiary alicyclic amines) is 1. The van der Waals surface area contributed by atoms with E-state index in [0.29, 0.717) is 6.54 Å². The van der Waals surface area contributed by atoms with Gasteiger partial charge < -0.3 is 4.90 Å². The lowest BCUT2D eigenvalue weighted by Gasteiger charge is -2.32. The Kier molecular flexibility index (Phi) is 5.65. The van der Waals surface area contributed by atoms with Crippen LogP contribution in [0.1, 0.15) is 37.8 Å². The summed E-state index contributed by atoms with van der Waals surface area (Å²) in [5, 5.41) is 2.75. The molecular formula is C16H23F3N2. The molecule has 0 bridgehead atoms. The van der Waals surface area contributed by atoms with Gasteiger partial charge in [-0.2, -0.15) is 13.2 Å². The standard InChI is InChI=1S/C16H23F3N2/c1-13(12-21-10-6-3-7-11-21)20-15(16(17,18)19)14-8-4-2-5-9-14/h2,4-5,8-9,13,15,20H,3,6-7,10-12H2,1H3. The van der Waals surface area contributed by atoms with Gasteiger partial charge in [-0.25, -0.2) is 0 Å². The maximum absolute atomic E-state index is 13.3. The number of rotatable bonds is 5. The minimum atomic E-state index is -4.28. The number of piperidine rings is 1. The van der Waals surface area contributed by atoms with Crippen molar-refractivity contribution in [3.8, 4) is 0 Å². The molecule has 0 saturated carbocycles. The van der Waals surface area contributed by atoms with Crippen molar-refractivity contribution >= 4 is 0 Å². The highest BCUT2D eigenvalue weighted by atomic mass is 19.4. The summed E-state index contributed by atoms with van der Waals surface area (Å²) in [6.45, 7) is 4.48. The van der Waals surface area contributed by atoms with E-state index in [1.807, 2.05) is 6.92 Å². The van der Waals surface area contributed by atoms with Gasteiger partial charge in [0.05, 0.1) is 0 Å². The lowest BCUT2D eigenvalue weighted by Crippen LogP contribution is -2.46. The predicted molar refractivity (Wildman–Crippen MR) is 78.1 cm³/mol. The number of alkyl halides is 3. The number of halogens is 3. The number of nitrogens with one attached hydrogen (secondary N) is 1. The molecule has 5 heteroatoms. The van der Waals surface area contributed by atoms with E-state index in [-0.39, 0.29) is 11.6 Å². The van der Waals surface area contributed by atoms with E-state index in [1.54, 1.807) is 18.2 Å². The van der Waals surface area contributed by atoms with Crippen LogP contribution in [-0.4, -0.2) is 36.8 Å². The number of hydrogen-bond donors (Lipinski definition) is 1. The molecule has 1 N–H and O–H groups in total. The quantitative estimate of drug-likeness (QED) is 0.891. The Bertz CT molecular complexity index is 413. The van der Waals surface area contributed by atoms with Crippen molar-refractivity contribution in [1.82, 2.24) is 10.2 Å². The molecule has 0 aliphatic carbocycles. The average Bonchev–Trinajstić information content (AvgIpc) is 2.45. The highest BCUT2D eigenvalue weighted by Crippen LogP contribution is 2.32. The van der Waals surface area contributed by atoms with Crippen LogP contribution in [0.4, 0.5) is 13.2 Å². The normalized spacial score (nSPS) is 20.2. The van der Waals surface area contributed by atoms with Gasteiger partial charge in [-0.1, -0.05) is 36.8 Å². The summed E-state index contributed by atoms with van der Waals surface area (Å²) in [5.41, 5.74) is 0.274. The molecule has 0 radical (unpaired) electrons. The third-order valence-corrected chi connectivity index (χ3v) is 3.89. The van der Waals surface area contributed by atoms with Crippen LogP contribution >= 0.6 is 0 Å². The molecule has 1 saturated heterocycles. The topological polar surface area (TPSA) is 15.3 Å². The van der Waals surface area contributed by atoms with Gasteiger partial charge in [0, 0.05) is 12.6 Å². The minimum absolute atomic E-state index is 0.199. The van der Waals surface area contributed by atoms with Gasteiger partial charge in [0.2, 0.25) is 0 Å². The van der Waals surface area contributed by atoms with Crippen molar-refractivity contribution in [2.45, 2.75) is 44.4 Å². The molecule has 1 aliphatic heterocycles. The van der Waals surface area contributed by atoms with Crippen LogP contribution < -0.4 is 5.32 Å². The highest BCUT2D eigenvalue weighted by molar-refractivity contribution is 5.20. The van der Waals surface area contributed by atoms with Gasteiger partial charge in [-0.15, -0.1) is 0 Å². The molecule has 1 fully saturated rings. The van der Waals surface area contributed by atoms with Crippen molar-refractivity contribution in [1.29, 1.82) is 0 Å². The zero-order chi connectivity index (χ0) is 15.3. The molecule has 2 atom stereocenters. The Morgan fingerprint density at radius 2 is 1.71 bits per heavy atom. The van der Waals surface area contributed by atoms with E-state index in [1.165, 1.54) is 18.6 Å². The molecule has 0 amide bonds. The average molecular weight is 300 g/mol. The summed E-state index contributed by atoms with van der Waals surface area (Å²) < 4.78 is 39.8. The summed E-state index contributed by atoms with van der Waals surface area (Å²) in [6.07, 6.45) is -0.757. The van der Waals surface area contributed by atoms with Crippen molar-refractivity contribution in [2.24, 2.45) is 0 Å². The second-order valence-corrected chi connectivity index (χ2v) is 5.81. The minimum Gasteiger partial charge on any atom is -0.302 e. The predicted octanol–water partition coefficient (Wildman–Crippen LogP) is 3.75. The second kappa shape index (κ2) is 7.27. The van der Waals surface area contributed by atoms with Crippen molar-refractivity contribution in [2.75, 3.05) is 19.6 Å². The maximum atomic E-state index is 13.3. The van der Waals surface area contributed by atoms with Gasteiger partial charge in [0.15, 0.2) is 0 Å². The Labute approximate surface area is 124 Å². The molecule has 0 spiro atoms. The van der Waals surface area contributed by atoms with E-state index in [4.69, 9.17) is 0 Å². The first-order valence-corrected chi connectivity index (χ1v) is 7.57. The van der Waals surface area contributed by atoms with Crippen molar-refractivity contribution in [3.63, 3.8) is 0 Å². The van der Waals surface area contributed by atoms with Crippen LogP contribution in [-0.2, 0) is 0 Å². The van der Waals surface area contributed by atoms with Gasteiger partial charge in [-0.3, -0.25) is 5.32 Å². The van der Waals surface area contributed by atoms with E-state index in [9.17, 15) is 13.2 Å². The molecular weight excluding hydrogens is 277 g/mol. The third kappa shape index (κ3) is 5.00. The summed E-state index contributed by atoms with van der Waals surface area (Å²) >= 11 is 0. The zero-order valence-corrected chi connectivity index (χ0v) is 12.4. The largest absolute Gasteiger partial charge is 0.407 e. The Balaban J connectivity index is 1.98. The smallest absolute Gasteiger partial charge is 0.302 e. The fraction of sp³-hybridized carbons (Fsp3) is 0.625. The summed E-state index contributed by atoms with van der Waals surface area (Å²) in [5.74, 6) is 0. The van der Waals surface area contributed by atoms with Gasteiger partial charge in [0.1, 0.15) is 6.04 Å². The van der Waals surface area contributed by atoms with Crippen LogP contribution in [0.2, 0.25) is 0 Å². The third-order valence-electron chi connectivity index (χ3n) is 3.89. The molecule has 2 nitrogen and oxygen atoms in total. The summed E-state index contributed by atoms with van der Waals surface area (Å²) in [7, 11) is 0. The van der Waals surface area contributed by atoms with E-state index < -0.39 is 12.2 Å². The summed E-state index contributed by atoms with van der Waals surface area (Å²) in [4.78, 5) is 2.25. The van der Waals surface area contributed by atoms with E-state index in [2.05, 4.69) is 10.2 Å². The lowest BCUT2D eigenvalue weighted by atomic mass is 10.0. The molecule has 1 aromatic carbocycles. The zero-order valence-electron chi connectivity index (χ0n) is 12.4. The van der Waals surface area contributed by atoms with Gasteiger partial charge in [-0.05, 0) is 38.4 Å². The van der Waals surface area contributed by atoms with Crippen molar-refractivity contribution < 1.29 is 13.2 Å². The fourth-order valence-corrected chi connectivity index (χ4v) is 2.89. The number of benzene rings is 1.